The molecule has 1 aliphatic carbocycles. The summed E-state index contributed by atoms with van der Waals surface area (Å²) in [5, 5.41) is 27.2. The summed E-state index contributed by atoms with van der Waals surface area (Å²) in [6, 6.07) is 52.1. The van der Waals surface area contributed by atoms with Gasteiger partial charge in [0.05, 0.1) is 43.2 Å². The average molecular weight is 1580 g/mol. The Hall–Kier alpha value is -12.5. The molecule has 1 saturated carbocycles. The number of pyridine rings is 1. The number of carbonyl (C=O) groups excluding carboxylic acids is 6. The van der Waals surface area contributed by atoms with E-state index in [-0.39, 0.29) is 41.6 Å². The molecule has 3 aliphatic heterocycles. The third kappa shape index (κ3) is 28.7. The van der Waals surface area contributed by atoms with E-state index < -0.39 is 21.8 Å². The molecular formula is C85H111N17O11S. The zero-order valence-corrected chi connectivity index (χ0v) is 67.8. The maximum Gasteiger partial charge on any atom is 0.414 e. The second kappa shape index (κ2) is 46.3. The minimum absolute atomic E-state index is 0.0539. The normalized spacial score (nSPS) is 13.4. The van der Waals surface area contributed by atoms with Gasteiger partial charge in [0.1, 0.15) is 12.3 Å². The largest absolute Gasteiger partial charge is 0.494 e. The maximum absolute atomic E-state index is 12.0. The molecule has 4 fully saturated rings. The van der Waals surface area contributed by atoms with Crippen molar-refractivity contribution >= 4 is 103 Å². The van der Waals surface area contributed by atoms with E-state index in [9.17, 15) is 37.2 Å². The first-order valence-corrected chi connectivity index (χ1v) is 39.8. The van der Waals surface area contributed by atoms with Gasteiger partial charge in [-0.05, 0) is 189 Å². The number of aryl methyl sites for hydroxylation is 1. The topological polar surface area (TPSA) is 367 Å². The Morgan fingerprint density at radius 2 is 1.12 bits per heavy atom. The predicted molar refractivity (Wildman–Crippen MR) is 458 cm³/mol. The maximum atomic E-state index is 12.0. The second-order valence-corrected chi connectivity index (χ2v) is 28.8. The van der Waals surface area contributed by atoms with Crippen molar-refractivity contribution in [3.05, 3.63) is 222 Å². The van der Waals surface area contributed by atoms with Crippen LogP contribution in [-0.2, 0) is 37.3 Å². The van der Waals surface area contributed by atoms with Gasteiger partial charge >= 0.3 is 12.1 Å². The van der Waals surface area contributed by atoms with Gasteiger partial charge in [-0.15, -0.1) is 0 Å². The van der Waals surface area contributed by atoms with Gasteiger partial charge in [0, 0.05) is 169 Å². The molecule has 13 N–H and O–H groups in total. The highest BCUT2D eigenvalue weighted by Crippen LogP contribution is 2.34. The lowest BCUT2D eigenvalue weighted by atomic mass is 9.96. The Morgan fingerprint density at radius 1 is 0.561 bits per heavy atom. The average Bonchev–Trinajstić information content (AvgIpc) is 0.941. The summed E-state index contributed by atoms with van der Waals surface area (Å²) in [5.41, 5.74) is 25.5. The number of urea groups is 1. The minimum Gasteiger partial charge on any atom is -0.494 e. The second-order valence-electron chi connectivity index (χ2n) is 26.9. The molecule has 608 valence electrons. The van der Waals surface area contributed by atoms with Crippen molar-refractivity contribution in [1.29, 1.82) is 0 Å². The van der Waals surface area contributed by atoms with E-state index >= 15 is 0 Å². The molecule has 0 spiro atoms. The SMILES string of the molecule is CNc1cc(C(N)=O)cc(C(N)=O)c1.CNc1ccc(N2CCCCC2=O)c(OC)c1.CNc1ccc(N2CCCOC2=O)c(C)c1.CNc1cccc(-c2cnco2)c1.CNc1cccc(CNC(=O)NC2CCCCC2)c1.CNc1cccc(Cc2ccncc2)c1.CNc1cccc(N(CC(=O)N2CCC2)S(C)(=O)=O)c1. The van der Waals surface area contributed by atoms with Gasteiger partial charge in [-0.2, -0.15) is 0 Å². The highest BCUT2D eigenvalue weighted by molar-refractivity contribution is 7.92. The number of primary amides is 2. The fourth-order valence-corrected chi connectivity index (χ4v) is 13.2. The molecule has 0 radical (unpaired) electrons. The van der Waals surface area contributed by atoms with E-state index in [1.807, 2.05) is 163 Å². The molecule has 3 saturated heterocycles. The fourth-order valence-electron chi connectivity index (χ4n) is 12.3. The molecule has 114 heavy (non-hydrogen) atoms. The molecule has 4 aliphatic rings. The van der Waals surface area contributed by atoms with Crippen LogP contribution in [0.4, 0.5) is 66.5 Å². The number of methoxy groups -OCH3 is 1. The highest BCUT2D eigenvalue weighted by atomic mass is 32.2. The number of sulfonamides is 1. The van der Waals surface area contributed by atoms with Crippen molar-refractivity contribution in [3.63, 3.8) is 0 Å². The number of piperidine rings is 1. The lowest BCUT2D eigenvalue weighted by molar-refractivity contribution is -0.132. The third-order valence-corrected chi connectivity index (χ3v) is 19.9. The molecule has 0 bridgehead atoms. The number of aromatic nitrogens is 2. The number of benzene rings is 7. The summed E-state index contributed by atoms with van der Waals surface area (Å²) in [7, 11) is 11.0. The molecule has 0 atom stereocenters. The summed E-state index contributed by atoms with van der Waals surface area (Å²) in [6.07, 6.45) is 19.2. The summed E-state index contributed by atoms with van der Waals surface area (Å²) < 4.78 is 40.6. The predicted octanol–water partition coefficient (Wildman–Crippen LogP) is 13.2. The first-order chi connectivity index (χ1) is 55.0. The van der Waals surface area contributed by atoms with Gasteiger partial charge in [0.25, 0.3) is 0 Å². The summed E-state index contributed by atoms with van der Waals surface area (Å²) in [4.78, 5) is 82.1. The van der Waals surface area contributed by atoms with Crippen molar-refractivity contribution in [2.24, 2.45) is 11.5 Å². The van der Waals surface area contributed by atoms with Crippen molar-refractivity contribution in [2.45, 2.75) is 90.1 Å². The standard InChI is InChI=1S/C15H23N3O.C13H19N3O3S.C13H18N2O2.C13H14N2.C12H16N2O2.C10H10N2O.C9H11N3O2/c1-16-14-9-5-6-12(10-14)11-17-15(19)18-13-7-3-2-4-8-13;1-14-11-5-3-6-12(9-11)16(20(2,18)19)10-13(17)15-7-4-8-15;1-14-10-6-7-11(12(9-10)17-2)15-8-4-3-5-13(15)16;1-14-13-4-2-3-12(10-13)9-11-5-7-15-8-6-11;1-9-8-10(13-2)4-5-11(9)14-6-3-7-16-12(14)15;1-11-9-4-2-3-8(5-9)10-6-12-7-13-10;1-12-7-3-5(8(10)13)2-6(4-7)9(11)14/h5-6,9-10,13,16H,2-4,7-8,11H2,1H3,(H2,17,18,19);3,5-6,9,14H,4,7-8,10H2,1-2H3;6-7,9,14H,3-5,8H2,1-2H3;2-8,10,14H,9H2,1H3;4-5,8,13H,3,6-7H2,1-2H3;2-7,11H,1H3;2-4,12H,1H3,(H2,10,13)(H2,11,14). The molecule has 0 unspecified atom stereocenters. The van der Waals surface area contributed by atoms with Crippen LogP contribution in [-0.4, -0.2) is 167 Å². The molecule has 2 aromatic heterocycles. The van der Waals surface area contributed by atoms with Gasteiger partial charge in [-0.25, -0.2) is 23.0 Å². The fraction of sp³-hybridized carbons (Fsp3) is 0.341. The third-order valence-electron chi connectivity index (χ3n) is 18.8. The lowest BCUT2D eigenvalue weighted by Crippen LogP contribution is -2.48. The number of hydrogen-bond acceptors (Lipinski definition) is 20. The van der Waals surface area contributed by atoms with Crippen LogP contribution in [0.5, 0.6) is 5.75 Å². The van der Waals surface area contributed by atoms with Crippen LogP contribution in [0.1, 0.15) is 107 Å². The number of ether oxygens (including phenoxy) is 2. The summed E-state index contributed by atoms with van der Waals surface area (Å²) >= 11 is 0. The van der Waals surface area contributed by atoms with Gasteiger partial charge < -0.3 is 83.0 Å². The van der Waals surface area contributed by atoms with Gasteiger partial charge in [0.2, 0.25) is 33.7 Å². The van der Waals surface area contributed by atoms with Gasteiger partial charge in [-0.1, -0.05) is 61.7 Å². The van der Waals surface area contributed by atoms with E-state index in [0.29, 0.717) is 50.1 Å². The van der Waals surface area contributed by atoms with Crippen LogP contribution < -0.4 is 78.2 Å². The molecule has 7 amide bonds. The highest BCUT2D eigenvalue weighted by Gasteiger charge is 2.28. The number of anilines is 10. The lowest BCUT2D eigenvalue weighted by Gasteiger charge is -2.33. The number of hydrogen-bond donors (Lipinski definition) is 11. The van der Waals surface area contributed by atoms with E-state index in [0.717, 1.165) is 142 Å². The molecule has 28 nitrogen and oxygen atoms in total. The van der Waals surface area contributed by atoms with Crippen molar-refractivity contribution < 1.29 is 51.1 Å². The van der Waals surface area contributed by atoms with Crippen LogP contribution in [0, 0.1) is 6.92 Å². The Bertz CT molecular complexity index is 4630. The summed E-state index contributed by atoms with van der Waals surface area (Å²) in [6.45, 7) is 5.90. The monoisotopic (exact) mass is 1580 g/mol. The number of rotatable bonds is 22. The van der Waals surface area contributed by atoms with Crippen LogP contribution in [0.2, 0.25) is 0 Å². The Labute approximate surface area is 670 Å². The van der Waals surface area contributed by atoms with Crippen LogP contribution in [0.25, 0.3) is 11.3 Å². The zero-order valence-electron chi connectivity index (χ0n) is 66.9. The molecular weight excluding hydrogens is 1470 g/mol. The molecule has 9 aromatic rings. The first-order valence-electron chi connectivity index (χ1n) is 38.0. The number of likely N-dealkylation sites (tertiary alicyclic amines) is 1. The van der Waals surface area contributed by atoms with Crippen molar-refractivity contribution in [1.82, 2.24) is 25.5 Å². The number of nitrogens with two attached hydrogens (primary N) is 2. The molecule has 13 rings (SSSR count). The Morgan fingerprint density at radius 3 is 1.68 bits per heavy atom. The van der Waals surface area contributed by atoms with E-state index in [2.05, 4.69) is 82.1 Å². The van der Waals surface area contributed by atoms with Crippen LogP contribution in [0.15, 0.2) is 193 Å². The summed E-state index contributed by atoms with van der Waals surface area (Å²) in [5.74, 6) is 0.377. The quantitative estimate of drug-likeness (QED) is 0.0300. The number of carbonyl (C=O) groups is 6. The molecule has 7 aromatic carbocycles. The Kier molecular flexibility index (Phi) is 36.0. The van der Waals surface area contributed by atoms with Crippen molar-refractivity contribution in [3.8, 4) is 17.1 Å². The van der Waals surface area contributed by atoms with Crippen molar-refractivity contribution in [2.75, 3.05) is 153 Å². The number of nitrogens with one attached hydrogen (secondary N) is 9. The smallest absolute Gasteiger partial charge is 0.414 e. The molecule has 5 heterocycles. The first kappa shape index (κ1) is 88.7. The number of nitrogens with zero attached hydrogens (tertiary/aromatic N) is 6. The minimum atomic E-state index is -3.50. The number of cyclic esters (lactones) is 1. The van der Waals surface area contributed by atoms with E-state index in [4.69, 9.17) is 25.4 Å². The van der Waals surface area contributed by atoms with Gasteiger partial charge in [-0.3, -0.25) is 33.4 Å². The van der Waals surface area contributed by atoms with E-state index in [1.165, 1.54) is 42.8 Å². The van der Waals surface area contributed by atoms with Crippen LogP contribution in [0.3, 0.4) is 0 Å². The van der Waals surface area contributed by atoms with Crippen LogP contribution >= 0.6 is 0 Å². The van der Waals surface area contributed by atoms with E-state index in [1.54, 1.807) is 67.5 Å². The number of oxazole rings is 1. The molecule has 29 heteroatoms. The Balaban J connectivity index is 0.000000185. The number of amides is 7. The zero-order chi connectivity index (χ0) is 82.4. The van der Waals surface area contributed by atoms with Gasteiger partial charge in [0.15, 0.2) is 12.2 Å².